The van der Waals surface area contributed by atoms with Gasteiger partial charge in [0.05, 0.1) is 5.56 Å². The van der Waals surface area contributed by atoms with E-state index < -0.39 is 11.2 Å². The molecule has 82 valence electrons. The lowest BCUT2D eigenvalue weighted by molar-refractivity contribution is 0.413. The average molecular weight is 220 g/mol. The second-order valence-corrected chi connectivity index (χ2v) is 3.39. The molecule has 0 aliphatic rings. The first kappa shape index (κ1) is 10.4. The summed E-state index contributed by atoms with van der Waals surface area (Å²) in [5.74, 6) is -0.637. The van der Waals surface area contributed by atoms with Gasteiger partial charge in [0.25, 0.3) is 0 Å². The van der Waals surface area contributed by atoms with Gasteiger partial charge in [0.1, 0.15) is 17.8 Å². The van der Waals surface area contributed by atoms with E-state index in [0.29, 0.717) is 5.56 Å². The van der Waals surface area contributed by atoms with E-state index in [1.54, 1.807) is 0 Å². The Balaban J connectivity index is 2.61. The first-order valence-electron chi connectivity index (χ1n) is 4.67. The van der Waals surface area contributed by atoms with E-state index in [1.165, 1.54) is 37.5 Å². The molecule has 0 radical (unpaired) electrons. The van der Waals surface area contributed by atoms with Crippen LogP contribution in [0.4, 0.5) is 4.39 Å². The molecule has 1 aromatic heterocycles. The van der Waals surface area contributed by atoms with Crippen LogP contribution in [0.15, 0.2) is 39.7 Å². The van der Waals surface area contributed by atoms with E-state index in [0.717, 1.165) is 0 Å². The number of halogens is 1. The summed E-state index contributed by atoms with van der Waals surface area (Å²) in [5, 5.41) is 9.42. The van der Waals surface area contributed by atoms with Crippen LogP contribution in [0.3, 0.4) is 0 Å². The van der Waals surface area contributed by atoms with E-state index in [1.807, 2.05) is 0 Å². The molecular formula is C12H9FO3. The fourth-order valence-corrected chi connectivity index (χ4v) is 1.37. The van der Waals surface area contributed by atoms with Crippen LogP contribution >= 0.6 is 0 Å². The van der Waals surface area contributed by atoms with Crippen LogP contribution in [0.1, 0.15) is 5.76 Å². The Morgan fingerprint density at radius 1 is 1.25 bits per heavy atom. The molecule has 2 rings (SSSR count). The highest BCUT2D eigenvalue weighted by Gasteiger charge is 2.10. The first-order chi connectivity index (χ1) is 7.59. The molecule has 0 bridgehead atoms. The lowest BCUT2D eigenvalue weighted by Crippen LogP contribution is -2.04. The third-order valence-corrected chi connectivity index (χ3v) is 2.30. The molecule has 1 heterocycles. The molecule has 0 aliphatic heterocycles. The van der Waals surface area contributed by atoms with Gasteiger partial charge in [-0.25, -0.2) is 4.39 Å². The van der Waals surface area contributed by atoms with Crippen molar-refractivity contribution in [3.63, 3.8) is 0 Å². The van der Waals surface area contributed by atoms with Gasteiger partial charge in [-0.3, -0.25) is 4.79 Å². The smallest absolute Gasteiger partial charge is 0.234 e. The van der Waals surface area contributed by atoms with Crippen molar-refractivity contribution in [2.45, 2.75) is 6.92 Å². The molecule has 0 fully saturated rings. The molecule has 0 saturated carbocycles. The third-order valence-electron chi connectivity index (χ3n) is 2.30. The van der Waals surface area contributed by atoms with Gasteiger partial charge in [-0.15, -0.1) is 0 Å². The van der Waals surface area contributed by atoms with Crippen LogP contribution in [0.5, 0.6) is 5.75 Å². The zero-order valence-electron chi connectivity index (χ0n) is 8.53. The summed E-state index contributed by atoms with van der Waals surface area (Å²) in [5.41, 5.74) is 0.198. The van der Waals surface area contributed by atoms with Crippen molar-refractivity contribution < 1.29 is 13.9 Å². The van der Waals surface area contributed by atoms with Gasteiger partial charge in [-0.05, 0) is 24.6 Å². The lowest BCUT2D eigenvalue weighted by Gasteiger charge is -2.02. The zero-order chi connectivity index (χ0) is 11.7. The summed E-state index contributed by atoms with van der Waals surface area (Å²) < 4.78 is 17.7. The molecule has 2 aromatic rings. The number of hydrogen-bond acceptors (Lipinski definition) is 3. The Kier molecular flexibility index (Phi) is 2.48. The molecule has 1 N–H and O–H groups in total. The summed E-state index contributed by atoms with van der Waals surface area (Å²) in [6.45, 7) is 1.49. The minimum Gasteiger partial charge on any atom is -0.502 e. The van der Waals surface area contributed by atoms with Gasteiger partial charge >= 0.3 is 0 Å². The number of aromatic hydroxyl groups is 1. The lowest BCUT2D eigenvalue weighted by atomic mass is 10.1. The number of rotatable bonds is 1. The topological polar surface area (TPSA) is 50.4 Å². The Hall–Kier alpha value is -2.10. The molecule has 4 heteroatoms. The third kappa shape index (κ3) is 1.69. The van der Waals surface area contributed by atoms with Crippen molar-refractivity contribution in [1.82, 2.24) is 0 Å². The van der Waals surface area contributed by atoms with Crippen LogP contribution in [0.25, 0.3) is 11.1 Å². The predicted molar refractivity (Wildman–Crippen MR) is 56.8 cm³/mol. The minimum atomic E-state index is -0.518. The summed E-state index contributed by atoms with van der Waals surface area (Å²) in [4.78, 5) is 11.7. The number of aryl methyl sites for hydroxylation is 1. The Morgan fingerprint density at radius 3 is 2.50 bits per heavy atom. The second kappa shape index (κ2) is 3.81. The number of benzene rings is 1. The monoisotopic (exact) mass is 220 g/mol. The fraction of sp³-hybridized carbons (Fsp3) is 0.0833. The maximum absolute atomic E-state index is 12.7. The van der Waals surface area contributed by atoms with E-state index in [9.17, 15) is 14.3 Å². The van der Waals surface area contributed by atoms with E-state index in [4.69, 9.17) is 4.42 Å². The highest BCUT2D eigenvalue weighted by Crippen LogP contribution is 2.20. The van der Waals surface area contributed by atoms with E-state index >= 15 is 0 Å². The minimum absolute atomic E-state index is 0.163. The summed E-state index contributed by atoms with van der Waals surface area (Å²) in [6.07, 6.45) is 1.25. The molecule has 1 aromatic carbocycles. The van der Waals surface area contributed by atoms with Crippen molar-refractivity contribution in [1.29, 1.82) is 0 Å². The summed E-state index contributed by atoms with van der Waals surface area (Å²) >= 11 is 0. The normalized spacial score (nSPS) is 10.4. The maximum atomic E-state index is 12.7. The standard InChI is InChI=1S/C12H9FO3/c1-7-11(14)12(15)10(6-16-7)8-2-4-9(13)5-3-8/h2-6,14H,1H3. The van der Waals surface area contributed by atoms with Crippen LogP contribution in [0.2, 0.25) is 0 Å². The van der Waals surface area contributed by atoms with E-state index in [2.05, 4.69) is 0 Å². The van der Waals surface area contributed by atoms with Crippen LogP contribution in [0, 0.1) is 12.7 Å². The summed E-state index contributed by atoms with van der Waals surface area (Å²) in [6, 6.07) is 5.39. The maximum Gasteiger partial charge on any atom is 0.234 e. The molecule has 0 aliphatic carbocycles. The van der Waals surface area contributed by atoms with Gasteiger partial charge in [-0.1, -0.05) is 12.1 Å². The Labute approximate surface area is 90.8 Å². The molecule has 0 atom stereocenters. The highest BCUT2D eigenvalue weighted by molar-refractivity contribution is 5.63. The van der Waals surface area contributed by atoms with Crippen LogP contribution in [-0.4, -0.2) is 5.11 Å². The van der Waals surface area contributed by atoms with Crippen LogP contribution in [-0.2, 0) is 0 Å². The van der Waals surface area contributed by atoms with Gasteiger partial charge in [0, 0.05) is 0 Å². The zero-order valence-corrected chi connectivity index (χ0v) is 8.53. The van der Waals surface area contributed by atoms with Crippen molar-refractivity contribution in [2.75, 3.05) is 0 Å². The molecule has 3 nitrogen and oxygen atoms in total. The average Bonchev–Trinajstić information content (AvgIpc) is 2.28. The summed E-state index contributed by atoms with van der Waals surface area (Å²) in [7, 11) is 0. The number of hydrogen-bond donors (Lipinski definition) is 1. The molecule has 0 unspecified atom stereocenters. The fourth-order valence-electron chi connectivity index (χ4n) is 1.37. The Bertz CT molecular complexity index is 570. The van der Waals surface area contributed by atoms with Gasteiger partial charge in [-0.2, -0.15) is 0 Å². The van der Waals surface area contributed by atoms with E-state index in [-0.39, 0.29) is 17.1 Å². The molecule has 0 saturated heterocycles. The quantitative estimate of drug-likeness (QED) is 0.803. The molecule has 0 spiro atoms. The molecule has 0 amide bonds. The second-order valence-electron chi connectivity index (χ2n) is 3.39. The van der Waals surface area contributed by atoms with Crippen molar-refractivity contribution in [2.24, 2.45) is 0 Å². The van der Waals surface area contributed by atoms with Gasteiger partial charge < -0.3 is 9.52 Å². The molecule has 16 heavy (non-hydrogen) atoms. The van der Waals surface area contributed by atoms with Crippen LogP contribution < -0.4 is 5.43 Å². The van der Waals surface area contributed by atoms with Crippen molar-refractivity contribution in [3.05, 3.63) is 52.3 Å². The van der Waals surface area contributed by atoms with Crippen molar-refractivity contribution >= 4 is 0 Å². The SMILES string of the molecule is Cc1occ(-c2ccc(F)cc2)c(=O)c1O. The first-order valence-corrected chi connectivity index (χ1v) is 4.67. The highest BCUT2D eigenvalue weighted by atomic mass is 19.1. The largest absolute Gasteiger partial charge is 0.502 e. The predicted octanol–water partition coefficient (Wildman–Crippen LogP) is 2.46. The Morgan fingerprint density at radius 2 is 1.88 bits per heavy atom. The van der Waals surface area contributed by atoms with Gasteiger partial charge in [0.2, 0.25) is 11.2 Å². The van der Waals surface area contributed by atoms with Crippen molar-refractivity contribution in [3.8, 4) is 16.9 Å². The molecular weight excluding hydrogens is 211 g/mol. The van der Waals surface area contributed by atoms with Gasteiger partial charge in [0.15, 0.2) is 0 Å².